The number of rotatable bonds is 4. The van der Waals surface area contributed by atoms with Crippen LogP contribution >= 0.6 is 0 Å². The highest BCUT2D eigenvalue weighted by molar-refractivity contribution is 6.03. The number of carbonyl (C=O) groups excluding carboxylic acids is 1. The molecule has 0 saturated carbocycles. The largest absolute Gasteiger partial charge is 0.435 e. The van der Waals surface area contributed by atoms with Crippen LogP contribution in [-0.4, -0.2) is 25.2 Å². The molecule has 0 fully saturated rings. The lowest BCUT2D eigenvalue weighted by Gasteiger charge is -2.11. The Bertz CT molecular complexity index is 1450. The summed E-state index contributed by atoms with van der Waals surface area (Å²) < 4.78 is 70.3. The van der Waals surface area contributed by atoms with Gasteiger partial charge in [-0.25, -0.2) is 18.4 Å². The number of benzene rings is 2. The van der Waals surface area contributed by atoms with E-state index in [0.717, 1.165) is 24.3 Å². The minimum absolute atomic E-state index is 0.169. The number of imidazole rings is 1. The van der Waals surface area contributed by atoms with E-state index in [1.807, 2.05) is 0 Å². The summed E-state index contributed by atoms with van der Waals surface area (Å²) in [7, 11) is 0. The van der Waals surface area contributed by atoms with Gasteiger partial charge in [0, 0.05) is 37.1 Å². The Morgan fingerprint density at radius 3 is 2.41 bits per heavy atom. The van der Waals surface area contributed by atoms with Gasteiger partial charge in [0.25, 0.3) is 5.91 Å². The van der Waals surface area contributed by atoms with Crippen LogP contribution in [0.3, 0.4) is 0 Å². The van der Waals surface area contributed by atoms with Crippen LogP contribution in [0.1, 0.15) is 27.6 Å². The Kier molecular flexibility index (Phi) is 5.62. The fraction of sp³-hybridized carbons (Fsp3) is 0.0455. The molecule has 171 valence electrons. The number of halogens is 5. The highest BCUT2D eigenvalue weighted by Crippen LogP contribution is 2.30. The second-order valence-electron chi connectivity index (χ2n) is 6.93. The molecule has 2 aromatic carbocycles. The van der Waals surface area contributed by atoms with Crippen molar-refractivity contribution in [2.24, 2.45) is 0 Å². The molecule has 12 heteroatoms. The number of nitrogens with one attached hydrogen (secondary N) is 1. The molecule has 34 heavy (non-hydrogen) atoms. The minimum atomic E-state index is -4.90. The van der Waals surface area contributed by atoms with Crippen molar-refractivity contribution in [3.63, 3.8) is 0 Å². The van der Waals surface area contributed by atoms with E-state index in [1.54, 1.807) is 12.3 Å². The number of nitrogens with zero attached hydrogens (tertiary/aromatic N) is 5. The van der Waals surface area contributed by atoms with Crippen molar-refractivity contribution in [3.8, 4) is 17.4 Å². The third-order valence-corrected chi connectivity index (χ3v) is 4.74. The zero-order valence-electron chi connectivity index (χ0n) is 16.9. The normalized spacial score (nSPS) is 11.3. The van der Waals surface area contributed by atoms with E-state index in [0.29, 0.717) is 22.3 Å². The zero-order chi connectivity index (χ0) is 24.6. The van der Waals surface area contributed by atoms with Gasteiger partial charge in [-0.2, -0.15) is 23.5 Å². The number of amides is 1. The number of nitriles is 1. The van der Waals surface area contributed by atoms with E-state index in [9.17, 15) is 26.7 Å². The highest BCUT2D eigenvalue weighted by atomic mass is 19.4. The maximum atomic E-state index is 14.7. The van der Waals surface area contributed by atoms with Crippen molar-refractivity contribution in [3.05, 3.63) is 96.2 Å². The van der Waals surface area contributed by atoms with Gasteiger partial charge in [0.15, 0.2) is 5.69 Å². The Morgan fingerprint density at radius 2 is 1.79 bits per heavy atom. The first-order valence-electron chi connectivity index (χ1n) is 9.42. The number of alkyl halides is 3. The second-order valence-corrected chi connectivity index (χ2v) is 6.93. The monoisotopic (exact) mass is 471 g/mol. The van der Waals surface area contributed by atoms with Crippen molar-refractivity contribution >= 4 is 11.6 Å². The summed E-state index contributed by atoms with van der Waals surface area (Å²) in [4.78, 5) is 16.7. The summed E-state index contributed by atoms with van der Waals surface area (Å²) in [6.45, 7) is 3.69. The van der Waals surface area contributed by atoms with Crippen molar-refractivity contribution < 1.29 is 26.7 Å². The molecule has 0 unspecified atom stereocenters. The predicted octanol–water partition coefficient (Wildman–Crippen LogP) is 4.66. The Balaban J connectivity index is 1.71. The molecular weight excluding hydrogens is 459 g/mol. The molecule has 0 spiro atoms. The summed E-state index contributed by atoms with van der Waals surface area (Å²) >= 11 is 0. The summed E-state index contributed by atoms with van der Waals surface area (Å²) in [5.41, 5.74) is -2.59. The SMILES string of the molecule is [CH2]c1nccn1-c1ccc(NC(=O)c2cc(C(F)(F)F)nn2-c2ccc(F)c(C#N)c2)c(F)c1. The molecule has 0 atom stereocenters. The number of hydrogen-bond donors (Lipinski definition) is 1. The standard InChI is InChI=1S/C22H12F5N6O/c1-12-29-6-7-32(12)14-3-5-18(17(24)9-14)30-21(34)19-10-20(22(25,26)27)31-33(19)15-2-4-16(23)13(8-15)11-28/h2-10H,1H2,(H,30,34). The van der Waals surface area contributed by atoms with Crippen LogP contribution in [0, 0.1) is 29.9 Å². The first-order valence-corrected chi connectivity index (χ1v) is 9.42. The second kappa shape index (κ2) is 8.43. The molecule has 1 N–H and O–H groups in total. The molecule has 0 aliphatic rings. The van der Waals surface area contributed by atoms with Crippen LogP contribution < -0.4 is 5.32 Å². The van der Waals surface area contributed by atoms with Gasteiger partial charge in [-0.3, -0.25) is 4.79 Å². The van der Waals surface area contributed by atoms with Crippen molar-refractivity contribution in [1.82, 2.24) is 19.3 Å². The zero-order valence-corrected chi connectivity index (χ0v) is 16.9. The summed E-state index contributed by atoms with van der Waals surface area (Å²) in [6, 6.07) is 8.64. The van der Waals surface area contributed by atoms with Gasteiger partial charge in [0.2, 0.25) is 0 Å². The van der Waals surface area contributed by atoms with Crippen LogP contribution in [0.2, 0.25) is 0 Å². The van der Waals surface area contributed by atoms with Crippen LogP contribution in [0.25, 0.3) is 11.4 Å². The minimum Gasteiger partial charge on any atom is -0.318 e. The van der Waals surface area contributed by atoms with E-state index in [4.69, 9.17) is 5.26 Å². The predicted molar refractivity (Wildman–Crippen MR) is 109 cm³/mol. The average molecular weight is 471 g/mol. The van der Waals surface area contributed by atoms with E-state index in [2.05, 4.69) is 22.3 Å². The smallest absolute Gasteiger partial charge is 0.318 e. The molecule has 1 radical (unpaired) electrons. The van der Waals surface area contributed by atoms with Gasteiger partial charge in [-0.1, -0.05) is 0 Å². The average Bonchev–Trinajstić information content (AvgIpc) is 3.42. The van der Waals surface area contributed by atoms with Crippen LogP contribution in [0.5, 0.6) is 0 Å². The van der Waals surface area contributed by atoms with Crippen LogP contribution in [-0.2, 0) is 6.18 Å². The summed E-state index contributed by atoms with van der Waals surface area (Å²) in [6.07, 6.45) is -1.89. The number of anilines is 1. The number of carbonyl (C=O) groups is 1. The molecule has 2 heterocycles. The molecule has 1 amide bonds. The maximum absolute atomic E-state index is 14.7. The topological polar surface area (TPSA) is 88.5 Å². The lowest BCUT2D eigenvalue weighted by Crippen LogP contribution is -2.18. The van der Waals surface area contributed by atoms with E-state index >= 15 is 0 Å². The van der Waals surface area contributed by atoms with Gasteiger partial charge in [0.1, 0.15) is 29.2 Å². The molecule has 0 bridgehead atoms. The first-order chi connectivity index (χ1) is 16.1. The highest BCUT2D eigenvalue weighted by Gasteiger charge is 2.36. The molecule has 2 aromatic heterocycles. The van der Waals surface area contributed by atoms with Crippen molar-refractivity contribution in [2.45, 2.75) is 6.18 Å². The van der Waals surface area contributed by atoms with Crippen molar-refractivity contribution in [1.29, 1.82) is 5.26 Å². The van der Waals surface area contributed by atoms with E-state index in [-0.39, 0.29) is 11.4 Å². The fourth-order valence-corrected chi connectivity index (χ4v) is 3.12. The Labute approximate surface area is 188 Å². The lowest BCUT2D eigenvalue weighted by atomic mass is 10.2. The van der Waals surface area contributed by atoms with Gasteiger partial charge >= 0.3 is 6.18 Å². The molecular formula is C22H12F5N6O. The number of hydrogen-bond acceptors (Lipinski definition) is 4. The molecule has 0 saturated heterocycles. The van der Waals surface area contributed by atoms with Gasteiger partial charge in [-0.05, 0) is 30.3 Å². The molecule has 0 aliphatic heterocycles. The van der Waals surface area contributed by atoms with E-state index in [1.165, 1.54) is 22.9 Å². The lowest BCUT2D eigenvalue weighted by molar-refractivity contribution is -0.141. The van der Waals surface area contributed by atoms with Gasteiger partial charge in [0.05, 0.1) is 16.9 Å². The Hall–Kier alpha value is -4.53. The Morgan fingerprint density at radius 1 is 1.06 bits per heavy atom. The van der Waals surface area contributed by atoms with Gasteiger partial charge in [-0.15, -0.1) is 0 Å². The fourth-order valence-electron chi connectivity index (χ4n) is 3.12. The summed E-state index contributed by atoms with van der Waals surface area (Å²) in [5, 5.41) is 14.6. The first kappa shape index (κ1) is 22.7. The molecule has 4 aromatic rings. The quantitative estimate of drug-likeness (QED) is 0.439. The summed E-state index contributed by atoms with van der Waals surface area (Å²) in [5.74, 6) is -2.53. The van der Waals surface area contributed by atoms with Crippen LogP contribution in [0.4, 0.5) is 27.6 Å². The van der Waals surface area contributed by atoms with Gasteiger partial charge < -0.3 is 9.88 Å². The third kappa shape index (κ3) is 4.23. The van der Waals surface area contributed by atoms with E-state index < -0.39 is 40.7 Å². The molecule has 7 nitrogen and oxygen atoms in total. The molecule has 4 rings (SSSR count). The van der Waals surface area contributed by atoms with Crippen molar-refractivity contribution in [2.75, 3.05) is 5.32 Å². The third-order valence-electron chi connectivity index (χ3n) is 4.74. The van der Waals surface area contributed by atoms with Crippen LogP contribution in [0.15, 0.2) is 54.9 Å². The maximum Gasteiger partial charge on any atom is 0.435 e. The molecule has 0 aliphatic carbocycles. The number of aromatic nitrogens is 4.